The molecule has 2 unspecified atom stereocenters. The minimum atomic E-state index is -1.24. The van der Waals surface area contributed by atoms with Crippen molar-refractivity contribution in [3.05, 3.63) is 72.2 Å². The predicted octanol–water partition coefficient (Wildman–Crippen LogP) is 2.55. The molecule has 1 saturated heterocycles. The Balaban J connectivity index is 1.76. The summed E-state index contributed by atoms with van der Waals surface area (Å²) >= 11 is 0. The number of aliphatic carboxylic acids is 2. The van der Waals surface area contributed by atoms with Gasteiger partial charge in [-0.25, -0.2) is 9.59 Å². The molecule has 0 bridgehead atoms. The number of hydrogen-bond donors (Lipinski definition) is 3. The number of nitrogens with zero attached hydrogens (tertiary/aromatic N) is 2. The number of aryl methyl sites for hydroxylation is 1. The van der Waals surface area contributed by atoms with Gasteiger partial charge >= 0.3 is 11.9 Å². The van der Waals surface area contributed by atoms with Crippen LogP contribution in [0.25, 0.3) is 0 Å². The molecule has 1 aromatic heterocycles. The van der Waals surface area contributed by atoms with Gasteiger partial charge in [0.25, 0.3) is 0 Å². The molecule has 2 heterocycles. The van der Waals surface area contributed by atoms with Crippen LogP contribution in [-0.2, 0) is 16.0 Å². The molecule has 1 aromatic carbocycles. The van der Waals surface area contributed by atoms with E-state index in [1.807, 2.05) is 59.5 Å². The monoisotopic (exact) mass is 383 g/mol. The lowest BCUT2D eigenvalue weighted by Gasteiger charge is -2.41. The lowest BCUT2D eigenvalue weighted by molar-refractivity contribution is -0.137. The molecule has 3 N–H and O–H groups in total. The molecule has 1 aliphatic heterocycles. The fourth-order valence-corrected chi connectivity index (χ4v) is 3.75. The largest absolute Gasteiger partial charge is 0.478 e. The Morgan fingerprint density at radius 2 is 1.82 bits per heavy atom. The molecule has 2 aromatic rings. The number of aromatic nitrogens is 1. The first kappa shape index (κ1) is 19.5. The van der Waals surface area contributed by atoms with Crippen LogP contribution < -0.4 is 5.43 Å². The van der Waals surface area contributed by atoms with Crippen LogP contribution in [0.2, 0.25) is 0 Å². The number of likely N-dealkylation sites (tertiary alicyclic amines) is 1. The van der Waals surface area contributed by atoms with E-state index in [1.54, 1.807) is 4.90 Å². The standard InChI is InChI=1S/C21H25N3O4/c25-20(26)15-19(21(27)28)24-13-10-17(22-23-11-4-5-12-23)14-18(24)9-8-16-6-2-1-3-7-16/h1-7,11-12,15,17-18,22H,8-10,13-14H2,(H,25,26)(H,27,28). The molecule has 0 saturated carbocycles. The highest BCUT2D eigenvalue weighted by Crippen LogP contribution is 2.26. The van der Waals surface area contributed by atoms with E-state index in [9.17, 15) is 14.7 Å². The summed E-state index contributed by atoms with van der Waals surface area (Å²) in [6.07, 6.45) is 7.67. The van der Waals surface area contributed by atoms with E-state index in [2.05, 4.69) is 5.43 Å². The molecule has 1 aliphatic rings. The van der Waals surface area contributed by atoms with Crippen molar-refractivity contribution < 1.29 is 19.8 Å². The molecular weight excluding hydrogens is 358 g/mol. The number of hydrogen-bond acceptors (Lipinski definition) is 4. The van der Waals surface area contributed by atoms with Gasteiger partial charge in [0.1, 0.15) is 5.70 Å². The van der Waals surface area contributed by atoms with Crippen molar-refractivity contribution >= 4 is 11.9 Å². The van der Waals surface area contributed by atoms with Gasteiger partial charge in [-0.3, -0.25) is 4.68 Å². The quantitative estimate of drug-likeness (QED) is 0.607. The van der Waals surface area contributed by atoms with Crippen molar-refractivity contribution in [3.8, 4) is 0 Å². The van der Waals surface area contributed by atoms with Crippen LogP contribution in [0.5, 0.6) is 0 Å². The number of carbonyl (C=O) groups is 2. The van der Waals surface area contributed by atoms with E-state index in [0.29, 0.717) is 6.54 Å². The molecule has 7 heteroatoms. The summed E-state index contributed by atoms with van der Waals surface area (Å²) in [5.74, 6) is -2.45. The van der Waals surface area contributed by atoms with Crippen molar-refractivity contribution in [1.82, 2.24) is 9.58 Å². The molecule has 28 heavy (non-hydrogen) atoms. The highest BCUT2D eigenvalue weighted by atomic mass is 16.4. The number of carboxylic acids is 2. The van der Waals surface area contributed by atoms with E-state index in [4.69, 9.17) is 5.11 Å². The first-order valence-electron chi connectivity index (χ1n) is 9.41. The van der Waals surface area contributed by atoms with Gasteiger partial charge in [-0.05, 0) is 43.4 Å². The van der Waals surface area contributed by atoms with Crippen molar-refractivity contribution in [2.24, 2.45) is 0 Å². The molecule has 3 rings (SSSR count). The predicted molar refractivity (Wildman–Crippen MR) is 105 cm³/mol. The first-order chi connectivity index (χ1) is 13.5. The van der Waals surface area contributed by atoms with Gasteiger partial charge in [0, 0.05) is 31.0 Å². The van der Waals surface area contributed by atoms with Crippen molar-refractivity contribution in [2.45, 2.75) is 37.8 Å². The molecular formula is C21H25N3O4. The number of carboxylic acid groups (broad SMARTS) is 2. The number of rotatable bonds is 8. The van der Waals surface area contributed by atoms with Gasteiger partial charge in [0.05, 0.1) is 6.08 Å². The maximum absolute atomic E-state index is 11.7. The number of nitrogens with one attached hydrogen (secondary N) is 1. The third-order valence-electron chi connectivity index (χ3n) is 5.05. The molecule has 148 valence electrons. The van der Waals surface area contributed by atoms with Gasteiger partial charge < -0.3 is 20.5 Å². The summed E-state index contributed by atoms with van der Waals surface area (Å²) in [5.41, 5.74) is 4.46. The minimum absolute atomic E-state index is 0.0660. The van der Waals surface area contributed by atoms with Crippen molar-refractivity contribution in [3.63, 3.8) is 0 Å². The van der Waals surface area contributed by atoms with E-state index in [1.165, 1.54) is 5.56 Å². The topological polar surface area (TPSA) is 94.8 Å². The second kappa shape index (κ2) is 9.12. The normalized spacial score (nSPS) is 20.0. The Morgan fingerprint density at radius 1 is 1.11 bits per heavy atom. The fourth-order valence-electron chi connectivity index (χ4n) is 3.75. The lowest BCUT2D eigenvalue weighted by Crippen LogP contribution is -2.48. The summed E-state index contributed by atoms with van der Waals surface area (Å²) in [6.45, 7) is 0.490. The third-order valence-corrected chi connectivity index (χ3v) is 5.05. The Hall–Kier alpha value is -3.22. The Labute approximate surface area is 163 Å². The van der Waals surface area contributed by atoms with Gasteiger partial charge in [0.15, 0.2) is 0 Å². The number of benzene rings is 1. The zero-order chi connectivity index (χ0) is 19.9. The SMILES string of the molecule is O=C(O)C=C(C(=O)O)N1CCC(Nn2cccc2)CC1CCc1ccccc1. The van der Waals surface area contributed by atoms with Crippen LogP contribution in [0.15, 0.2) is 66.6 Å². The van der Waals surface area contributed by atoms with E-state index in [0.717, 1.165) is 31.8 Å². The van der Waals surface area contributed by atoms with E-state index >= 15 is 0 Å². The summed E-state index contributed by atoms with van der Waals surface area (Å²) in [6, 6.07) is 14.0. The molecule has 7 nitrogen and oxygen atoms in total. The van der Waals surface area contributed by atoms with Crippen molar-refractivity contribution in [1.29, 1.82) is 0 Å². The Morgan fingerprint density at radius 3 is 2.46 bits per heavy atom. The highest BCUT2D eigenvalue weighted by molar-refractivity contribution is 5.94. The maximum Gasteiger partial charge on any atom is 0.352 e. The van der Waals surface area contributed by atoms with Crippen LogP contribution in [0, 0.1) is 0 Å². The molecule has 0 aliphatic carbocycles. The summed E-state index contributed by atoms with van der Waals surface area (Å²) in [7, 11) is 0. The molecule has 2 atom stereocenters. The summed E-state index contributed by atoms with van der Waals surface area (Å²) in [4.78, 5) is 24.6. The molecule has 0 radical (unpaired) electrons. The van der Waals surface area contributed by atoms with E-state index < -0.39 is 11.9 Å². The van der Waals surface area contributed by atoms with Crippen molar-refractivity contribution in [2.75, 3.05) is 12.0 Å². The fraction of sp³-hybridized carbons (Fsp3) is 0.333. The van der Waals surface area contributed by atoms with Gasteiger partial charge in [-0.1, -0.05) is 30.3 Å². The summed E-state index contributed by atoms with van der Waals surface area (Å²) < 4.78 is 1.90. The average Bonchev–Trinajstić information content (AvgIpc) is 3.18. The second-order valence-electron chi connectivity index (χ2n) is 6.99. The average molecular weight is 383 g/mol. The Kier molecular flexibility index (Phi) is 6.37. The smallest absolute Gasteiger partial charge is 0.352 e. The zero-order valence-electron chi connectivity index (χ0n) is 15.6. The second-order valence-corrected chi connectivity index (χ2v) is 6.99. The third kappa shape index (κ3) is 5.16. The van der Waals surface area contributed by atoms with Crippen LogP contribution in [0.4, 0.5) is 0 Å². The molecule has 0 spiro atoms. The van der Waals surface area contributed by atoms with Crippen LogP contribution in [0.3, 0.4) is 0 Å². The van der Waals surface area contributed by atoms with Crippen LogP contribution in [-0.4, -0.2) is 50.4 Å². The van der Waals surface area contributed by atoms with Crippen LogP contribution in [0.1, 0.15) is 24.8 Å². The number of piperidine rings is 1. The van der Waals surface area contributed by atoms with Gasteiger partial charge in [0.2, 0.25) is 0 Å². The minimum Gasteiger partial charge on any atom is -0.478 e. The van der Waals surface area contributed by atoms with Gasteiger partial charge in [-0.15, -0.1) is 0 Å². The highest BCUT2D eigenvalue weighted by Gasteiger charge is 2.32. The van der Waals surface area contributed by atoms with E-state index in [-0.39, 0.29) is 17.8 Å². The first-order valence-corrected chi connectivity index (χ1v) is 9.41. The maximum atomic E-state index is 11.7. The summed E-state index contributed by atoms with van der Waals surface area (Å²) in [5, 5.41) is 18.7. The van der Waals surface area contributed by atoms with Crippen LogP contribution >= 0.6 is 0 Å². The molecule has 1 fully saturated rings. The zero-order valence-corrected chi connectivity index (χ0v) is 15.6. The lowest BCUT2D eigenvalue weighted by atomic mass is 9.92. The Bertz CT molecular complexity index is 817. The van der Waals surface area contributed by atoms with Gasteiger partial charge in [-0.2, -0.15) is 0 Å². The molecule has 0 amide bonds.